The SMILES string of the molecule is [B]C/C=C/C(=O)c1c(O)c2c(c3c(CCC)cc(=O)oc13)OC(C)(C)C=C2. The van der Waals surface area contributed by atoms with Gasteiger partial charge in [-0.05, 0) is 44.1 Å². The standard InChI is InChI=1S/C21H21BO5/c1-4-6-12-11-15(24)26-20-16(12)19-13(8-9-21(2,3)27-19)18(25)17(20)14(23)7-5-10-22/h5,7-9,11,25H,4,6,10H2,1-3H3/b7-5+. The van der Waals surface area contributed by atoms with Gasteiger partial charge in [0.2, 0.25) is 0 Å². The van der Waals surface area contributed by atoms with Crippen molar-refractivity contribution >= 4 is 30.7 Å². The summed E-state index contributed by atoms with van der Waals surface area (Å²) in [5, 5.41) is 11.4. The minimum absolute atomic E-state index is 0.0416. The fourth-order valence-electron chi connectivity index (χ4n) is 3.25. The summed E-state index contributed by atoms with van der Waals surface area (Å²) in [5.74, 6) is -0.338. The Morgan fingerprint density at radius 2 is 2.11 bits per heavy atom. The Balaban J connectivity index is 2.47. The second-order valence-corrected chi connectivity index (χ2v) is 7.05. The molecule has 6 heteroatoms. The molecule has 0 fully saturated rings. The Labute approximate surface area is 158 Å². The highest BCUT2D eigenvalue weighted by atomic mass is 16.5. The van der Waals surface area contributed by atoms with Gasteiger partial charge < -0.3 is 14.3 Å². The van der Waals surface area contributed by atoms with Gasteiger partial charge >= 0.3 is 5.63 Å². The van der Waals surface area contributed by atoms with Crippen LogP contribution in [0.1, 0.15) is 48.7 Å². The monoisotopic (exact) mass is 364 g/mol. The summed E-state index contributed by atoms with van der Waals surface area (Å²) in [4.78, 5) is 24.8. The first-order valence-electron chi connectivity index (χ1n) is 8.94. The molecule has 0 aliphatic carbocycles. The average molecular weight is 364 g/mol. The molecule has 2 radical (unpaired) electrons. The van der Waals surface area contributed by atoms with Gasteiger partial charge in [0.1, 0.15) is 22.7 Å². The number of allylic oxidation sites excluding steroid dienone is 2. The first kappa shape index (κ1) is 19.0. The number of phenolic OH excluding ortho intramolecular Hbond substituents is 1. The first-order valence-corrected chi connectivity index (χ1v) is 8.94. The van der Waals surface area contributed by atoms with Crippen LogP contribution in [0.25, 0.3) is 17.0 Å². The van der Waals surface area contributed by atoms with E-state index in [0.717, 1.165) is 12.0 Å². The minimum Gasteiger partial charge on any atom is -0.506 e. The van der Waals surface area contributed by atoms with Crippen molar-refractivity contribution < 1.29 is 19.1 Å². The van der Waals surface area contributed by atoms with E-state index in [9.17, 15) is 14.7 Å². The van der Waals surface area contributed by atoms with Crippen molar-refractivity contribution in [1.29, 1.82) is 0 Å². The summed E-state index contributed by atoms with van der Waals surface area (Å²) >= 11 is 0. The molecular weight excluding hydrogens is 343 g/mol. The molecule has 1 aliphatic rings. The van der Waals surface area contributed by atoms with E-state index >= 15 is 0 Å². The van der Waals surface area contributed by atoms with E-state index in [1.165, 1.54) is 18.2 Å². The van der Waals surface area contributed by atoms with Gasteiger partial charge in [-0.25, -0.2) is 4.79 Å². The quantitative estimate of drug-likeness (QED) is 0.376. The summed E-state index contributed by atoms with van der Waals surface area (Å²) in [6.45, 7) is 5.77. The van der Waals surface area contributed by atoms with E-state index in [0.29, 0.717) is 23.1 Å². The van der Waals surface area contributed by atoms with Crippen molar-refractivity contribution in [1.82, 2.24) is 0 Å². The summed E-state index contributed by atoms with van der Waals surface area (Å²) < 4.78 is 11.5. The molecule has 3 rings (SSSR count). The molecule has 1 aromatic carbocycles. The fraction of sp³-hybridized carbons (Fsp3) is 0.333. The molecule has 0 unspecified atom stereocenters. The molecule has 138 valence electrons. The molecule has 1 aliphatic heterocycles. The Hall–Kier alpha value is -2.76. The van der Waals surface area contributed by atoms with Crippen molar-refractivity contribution in [2.75, 3.05) is 0 Å². The molecule has 1 aromatic heterocycles. The zero-order valence-electron chi connectivity index (χ0n) is 15.7. The zero-order valence-corrected chi connectivity index (χ0v) is 15.7. The van der Waals surface area contributed by atoms with Crippen LogP contribution in [-0.4, -0.2) is 24.3 Å². The highest BCUT2D eigenvalue weighted by molar-refractivity contribution is 6.17. The van der Waals surface area contributed by atoms with Gasteiger partial charge in [0.05, 0.1) is 18.8 Å². The number of ketones is 1. The molecule has 0 saturated heterocycles. The number of carbonyl (C=O) groups excluding carboxylic acids is 1. The molecule has 0 spiro atoms. The van der Waals surface area contributed by atoms with E-state index in [1.54, 1.807) is 6.08 Å². The van der Waals surface area contributed by atoms with E-state index in [4.69, 9.17) is 17.0 Å². The third kappa shape index (κ3) is 3.44. The van der Waals surface area contributed by atoms with Crippen molar-refractivity contribution in [2.24, 2.45) is 0 Å². The van der Waals surface area contributed by atoms with Crippen LogP contribution in [-0.2, 0) is 6.42 Å². The van der Waals surface area contributed by atoms with Gasteiger partial charge in [-0.2, -0.15) is 0 Å². The second kappa shape index (κ2) is 7.10. The van der Waals surface area contributed by atoms with Crippen molar-refractivity contribution in [3.05, 3.63) is 51.4 Å². The predicted octanol–water partition coefficient (Wildman–Crippen LogP) is 3.96. The van der Waals surface area contributed by atoms with Gasteiger partial charge in [-0.1, -0.05) is 25.7 Å². The van der Waals surface area contributed by atoms with Crippen LogP contribution in [0.4, 0.5) is 0 Å². The highest BCUT2D eigenvalue weighted by Crippen LogP contribution is 2.46. The number of ether oxygens (including phenoxy) is 1. The van der Waals surface area contributed by atoms with Crippen molar-refractivity contribution in [3.63, 3.8) is 0 Å². The van der Waals surface area contributed by atoms with Crippen LogP contribution in [0.3, 0.4) is 0 Å². The number of aryl methyl sites for hydroxylation is 1. The van der Waals surface area contributed by atoms with E-state index in [-0.39, 0.29) is 23.2 Å². The van der Waals surface area contributed by atoms with E-state index in [1.807, 2.05) is 26.8 Å². The fourth-order valence-corrected chi connectivity index (χ4v) is 3.25. The van der Waals surface area contributed by atoms with Crippen molar-refractivity contribution in [2.45, 2.75) is 45.5 Å². The summed E-state index contributed by atoms with van der Waals surface area (Å²) in [6.07, 6.45) is 7.88. The third-order valence-corrected chi connectivity index (χ3v) is 4.42. The topological polar surface area (TPSA) is 76.7 Å². The number of hydrogen-bond donors (Lipinski definition) is 1. The molecule has 0 saturated carbocycles. The van der Waals surface area contributed by atoms with Gasteiger partial charge in [0.25, 0.3) is 0 Å². The number of rotatable bonds is 5. The van der Waals surface area contributed by atoms with Gasteiger partial charge in [-0.15, -0.1) is 0 Å². The van der Waals surface area contributed by atoms with Crippen LogP contribution >= 0.6 is 0 Å². The zero-order chi connectivity index (χ0) is 19.8. The lowest BCUT2D eigenvalue weighted by Crippen LogP contribution is -2.28. The predicted molar refractivity (Wildman–Crippen MR) is 106 cm³/mol. The highest BCUT2D eigenvalue weighted by Gasteiger charge is 2.31. The molecule has 2 aromatic rings. The Bertz CT molecular complexity index is 1030. The van der Waals surface area contributed by atoms with Crippen LogP contribution in [0.2, 0.25) is 6.32 Å². The Morgan fingerprint density at radius 3 is 2.78 bits per heavy atom. The van der Waals surface area contributed by atoms with Crippen LogP contribution in [0, 0.1) is 0 Å². The summed E-state index contributed by atoms with van der Waals surface area (Å²) in [5.41, 5.74) is -0.0681. The normalized spacial score (nSPS) is 15.1. The number of fused-ring (bicyclic) bond motifs is 3. The van der Waals surface area contributed by atoms with Crippen molar-refractivity contribution in [3.8, 4) is 11.5 Å². The Morgan fingerprint density at radius 1 is 1.37 bits per heavy atom. The second-order valence-electron chi connectivity index (χ2n) is 7.05. The molecule has 0 bridgehead atoms. The maximum Gasteiger partial charge on any atom is 0.336 e. The molecule has 1 N–H and O–H groups in total. The van der Waals surface area contributed by atoms with E-state index < -0.39 is 17.0 Å². The van der Waals surface area contributed by atoms with Gasteiger partial charge in [-0.3, -0.25) is 4.79 Å². The molecule has 27 heavy (non-hydrogen) atoms. The molecule has 5 nitrogen and oxygen atoms in total. The molecule has 2 heterocycles. The van der Waals surface area contributed by atoms with Crippen LogP contribution in [0.5, 0.6) is 11.5 Å². The van der Waals surface area contributed by atoms with Crippen LogP contribution < -0.4 is 10.4 Å². The Kier molecular flexibility index (Phi) is 5.00. The number of phenols is 1. The number of benzene rings is 1. The number of hydrogen-bond acceptors (Lipinski definition) is 5. The molecule has 0 amide bonds. The number of carbonyl (C=O) groups is 1. The van der Waals surface area contributed by atoms with Gasteiger partial charge in [0, 0.05) is 6.07 Å². The minimum atomic E-state index is -0.600. The lowest BCUT2D eigenvalue weighted by molar-refractivity contribution is 0.104. The summed E-state index contributed by atoms with van der Waals surface area (Å²) in [6, 6.07) is 1.42. The molecular formula is C21H21BO5. The smallest absolute Gasteiger partial charge is 0.336 e. The van der Waals surface area contributed by atoms with Gasteiger partial charge in [0.15, 0.2) is 11.4 Å². The summed E-state index contributed by atoms with van der Waals surface area (Å²) in [7, 11) is 5.43. The largest absolute Gasteiger partial charge is 0.506 e. The van der Waals surface area contributed by atoms with Crippen LogP contribution in [0.15, 0.2) is 33.5 Å². The maximum absolute atomic E-state index is 12.7. The lowest BCUT2D eigenvalue weighted by Gasteiger charge is -2.30. The average Bonchev–Trinajstić information content (AvgIpc) is 2.58. The number of aromatic hydroxyl groups is 1. The first-order chi connectivity index (χ1) is 12.8. The maximum atomic E-state index is 12.7. The molecule has 0 atom stereocenters. The lowest BCUT2D eigenvalue weighted by atomic mass is 9.92. The van der Waals surface area contributed by atoms with E-state index in [2.05, 4.69) is 0 Å². The third-order valence-electron chi connectivity index (χ3n) is 4.42.